The van der Waals surface area contributed by atoms with Crippen LogP contribution in [0, 0.1) is 5.41 Å². The zero-order chi connectivity index (χ0) is 11.3. The molecule has 0 radical (unpaired) electrons. The molecule has 0 atom stereocenters. The standard InChI is InChI=1S/C10H17ClN2OS/c1-10(2,4-3-5-14)7-12-9-13-8(11)6-15-9/h6,14H,3-5,7H2,1-2H3,(H,12,13). The number of halogens is 1. The number of rotatable bonds is 6. The van der Waals surface area contributed by atoms with Crippen molar-refractivity contribution in [1.82, 2.24) is 4.98 Å². The SMILES string of the molecule is CC(C)(CCCO)CNc1nc(Cl)cs1. The van der Waals surface area contributed by atoms with Gasteiger partial charge in [0.05, 0.1) is 0 Å². The van der Waals surface area contributed by atoms with Crippen molar-refractivity contribution >= 4 is 28.1 Å². The fraction of sp³-hybridized carbons (Fsp3) is 0.700. The van der Waals surface area contributed by atoms with Gasteiger partial charge in [-0.2, -0.15) is 0 Å². The third-order valence-corrected chi connectivity index (χ3v) is 3.33. The summed E-state index contributed by atoms with van der Waals surface area (Å²) in [7, 11) is 0. The highest BCUT2D eigenvalue weighted by Crippen LogP contribution is 2.25. The van der Waals surface area contributed by atoms with E-state index in [0.717, 1.165) is 24.5 Å². The zero-order valence-electron chi connectivity index (χ0n) is 9.09. The van der Waals surface area contributed by atoms with Crippen LogP contribution in [0.3, 0.4) is 0 Å². The summed E-state index contributed by atoms with van der Waals surface area (Å²) in [4.78, 5) is 4.12. The van der Waals surface area contributed by atoms with Gasteiger partial charge in [0.15, 0.2) is 5.13 Å². The topological polar surface area (TPSA) is 45.1 Å². The summed E-state index contributed by atoms with van der Waals surface area (Å²) in [6, 6.07) is 0. The Morgan fingerprint density at radius 1 is 1.60 bits per heavy atom. The van der Waals surface area contributed by atoms with Crippen LogP contribution in [0.2, 0.25) is 5.15 Å². The number of nitrogens with one attached hydrogen (secondary N) is 1. The number of nitrogens with zero attached hydrogens (tertiary/aromatic N) is 1. The van der Waals surface area contributed by atoms with E-state index in [1.807, 2.05) is 5.38 Å². The fourth-order valence-corrected chi connectivity index (χ4v) is 2.13. The molecule has 0 spiro atoms. The van der Waals surface area contributed by atoms with Gasteiger partial charge in [0.2, 0.25) is 0 Å². The Morgan fingerprint density at radius 2 is 2.33 bits per heavy atom. The quantitative estimate of drug-likeness (QED) is 0.814. The molecule has 0 amide bonds. The first-order valence-electron chi connectivity index (χ1n) is 4.99. The van der Waals surface area contributed by atoms with E-state index >= 15 is 0 Å². The number of hydrogen-bond acceptors (Lipinski definition) is 4. The van der Waals surface area contributed by atoms with E-state index in [1.54, 1.807) is 0 Å². The van der Waals surface area contributed by atoms with Gasteiger partial charge in [0.1, 0.15) is 5.15 Å². The lowest BCUT2D eigenvalue weighted by atomic mass is 9.88. The van der Waals surface area contributed by atoms with Gasteiger partial charge < -0.3 is 10.4 Å². The van der Waals surface area contributed by atoms with Crippen LogP contribution in [-0.4, -0.2) is 23.2 Å². The van der Waals surface area contributed by atoms with Gasteiger partial charge in [-0.25, -0.2) is 4.98 Å². The summed E-state index contributed by atoms with van der Waals surface area (Å²) in [5.41, 5.74) is 0.168. The van der Waals surface area contributed by atoms with Crippen molar-refractivity contribution in [2.45, 2.75) is 26.7 Å². The summed E-state index contributed by atoms with van der Waals surface area (Å²) in [5, 5.41) is 15.2. The minimum atomic E-state index is 0.168. The average Bonchev–Trinajstić information content (AvgIpc) is 2.59. The van der Waals surface area contributed by atoms with E-state index in [2.05, 4.69) is 24.1 Å². The number of hydrogen-bond donors (Lipinski definition) is 2. The predicted molar refractivity (Wildman–Crippen MR) is 65.7 cm³/mol. The van der Waals surface area contributed by atoms with Gasteiger partial charge in [0.25, 0.3) is 0 Å². The lowest BCUT2D eigenvalue weighted by Gasteiger charge is -2.24. The van der Waals surface area contributed by atoms with E-state index in [-0.39, 0.29) is 12.0 Å². The molecule has 0 aliphatic rings. The van der Waals surface area contributed by atoms with E-state index in [1.165, 1.54) is 11.3 Å². The Labute approximate surface area is 99.5 Å². The molecule has 1 aromatic rings. The molecule has 1 aromatic heterocycles. The van der Waals surface area contributed by atoms with Crippen molar-refractivity contribution in [3.05, 3.63) is 10.5 Å². The van der Waals surface area contributed by atoms with Crippen LogP contribution in [-0.2, 0) is 0 Å². The van der Waals surface area contributed by atoms with Crippen LogP contribution in [0.1, 0.15) is 26.7 Å². The molecule has 15 heavy (non-hydrogen) atoms. The molecule has 0 unspecified atom stereocenters. The lowest BCUT2D eigenvalue weighted by molar-refractivity contribution is 0.248. The van der Waals surface area contributed by atoms with E-state index in [4.69, 9.17) is 16.7 Å². The first-order valence-corrected chi connectivity index (χ1v) is 6.25. The van der Waals surface area contributed by atoms with Gasteiger partial charge in [-0.15, -0.1) is 11.3 Å². The van der Waals surface area contributed by atoms with Gasteiger partial charge in [-0.3, -0.25) is 0 Å². The number of thiazole rings is 1. The Kier molecular flexibility index (Phi) is 4.83. The maximum atomic E-state index is 8.77. The summed E-state index contributed by atoms with van der Waals surface area (Å²) >= 11 is 7.23. The summed E-state index contributed by atoms with van der Waals surface area (Å²) in [5.74, 6) is 0. The first-order chi connectivity index (χ1) is 7.03. The van der Waals surface area contributed by atoms with Crippen molar-refractivity contribution in [1.29, 1.82) is 0 Å². The molecule has 86 valence electrons. The molecule has 5 heteroatoms. The normalized spacial score (nSPS) is 11.7. The molecule has 0 bridgehead atoms. The van der Waals surface area contributed by atoms with Crippen molar-refractivity contribution in [2.75, 3.05) is 18.5 Å². The largest absolute Gasteiger partial charge is 0.396 e. The van der Waals surface area contributed by atoms with Gasteiger partial charge in [0, 0.05) is 18.5 Å². The predicted octanol–water partition coefficient (Wildman–Crippen LogP) is 3.01. The van der Waals surface area contributed by atoms with E-state index in [9.17, 15) is 0 Å². The minimum absolute atomic E-state index is 0.168. The van der Waals surface area contributed by atoms with Crippen molar-refractivity contribution < 1.29 is 5.11 Å². The Balaban J connectivity index is 2.35. The first kappa shape index (κ1) is 12.7. The number of aliphatic hydroxyl groups excluding tert-OH is 1. The molecular weight excluding hydrogens is 232 g/mol. The fourth-order valence-electron chi connectivity index (χ4n) is 1.30. The maximum absolute atomic E-state index is 8.77. The summed E-state index contributed by atoms with van der Waals surface area (Å²) in [6.07, 6.45) is 1.84. The van der Waals surface area contributed by atoms with Gasteiger partial charge in [-0.05, 0) is 18.3 Å². The summed E-state index contributed by atoms with van der Waals surface area (Å²) < 4.78 is 0. The molecule has 0 saturated heterocycles. The maximum Gasteiger partial charge on any atom is 0.184 e. The zero-order valence-corrected chi connectivity index (χ0v) is 10.7. The van der Waals surface area contributed by atoms with Gasteiger partial charge in [-0.1, -0.05) is 25.4 Å². The Bertz CT molecular complexity index is 301. The Morgan fingerprint density at radius 3 is 2.87 bits per heavy atom. The third kappa shape index (κ3) is 4.82. The van der Waals surface area contributed by atoms with Crippen molar-refractivity contribution in [2.24, 2.45) is 5.41 Å². The molecule has 0 aliphatic heterocycles. The van der Waals surface area contributed by atoms with E-state index < -0.39 is 0 Å². The highest BCUT2D eigenvalue weighted by molar-refractivity contribution is 7.14. The minimum Gasteiger partial charge on any atom is -0.396 e. The second-order valence-corrected chi connectivity index (χ2v) is 5.57. The van der Waals surface area contributed by atoms with Crippen LogP contribution in [0.4, 0.5) is 5.13 Å². The van der Waals surface area contributed by atoms with Gasteiger partial charge >= 0.3 is 0 Å². The number of aromatic nitrogens is 1. The second kappa shape index (κ2) is 5.68. The molecule has 2 N–H and O–H groups in total. The molecule has 0 fully saturated rings. The van der Waals surface area contributed by atoms with Crippen LogP contribution < -0.4 is 5.32 Å². The third-order valence-electron chi connectivity index (χ3n) is 2.21. The lowest BCUT2D eigenvalue weighted by Crippen LogP contribution is -2.23. The number of anilines is 1. The van der Waals surface area contributed by atoms with Crippen molar-refractivity contribution in [3.8, 4) is 0 Å². The molecule has 0 saturated carbocycles. The van der Waals surface area contributed by atoms with Crippen LogP contribution in [0.15, 0.2) is 5.38 Å². The van der Waals surface area contributed by atoms with Crippen molar-refractivity contribution in [3.63, 3.8) is 0 Å². The number of aliphatic hydroxyl groups is 1. The highest BCUT2D eigenvalue weighted by atomic mass is 35.5. The second-order valence-electron chi connectivity index (χ2n) is 4.32. The monoisotopic (exact) mass is 248 g/mol. The van der Waals surface area contributed by atoms with Crippen LogP contribution >= 0.6 is 22.9 Å². The molecule has 1 rings (SSSR count). The summed E-state index contributed by atoms with van der Waals surface area (Å²) in [6.45, 7) is 5.44. The Hall–Kier alpha value is -0.320. The smallest absolute Gasteiger partial charge is 0.184 e. The van der Waals surface area contributed by atoms with Crippen LogP contribution in [0.5, 0.6) is 0 Å². The molecular formula is C10H17ClN2OS. The molecule has 3 nitrogen and oxygen atoms in total. The molecule has 1 heterocycles. The molecule has 0 aromatic carbocycles. The average molecular weight is 249 g/mol. The highest BCUT2D eigenvalue weighted by Gasteiger charge is 2.17. The molecule has 0 aliphatic carbocycles. The van der Waals surface area contributed by atoms with E-state index in [0.29, 0.717) is 5.15 Å². The van der Waals surface area contributed by atoms with Crippen LogP contribution in [0.25, 0.3) is 0 Å².